The number of nitrogens with zero attached hydrogens (tertiary/aromatic N) is 1. The monoisotopic (exact) mass is 354 g/mol. The van der Waals surface area contributed by atoms with Gasteiger partial charge in [0, 0.05) is 12.1 Å². The number of aliphatic hydroxyl groups is 1. The minimum absolute atomic E-state index is 0.0660. The standard InChI is InChI=1S/C20H22N2O4/c1-13-7-6-10-17(14(13)2)21-19(24)18-11-15(23)12-22(18)20(25)26-16-8-4-3-5-9-16/h3-10,15,18,23H,11-12H2,1-2H3,(H,21,24)/t15-,18+/m1/s1. The lowest BCUT2D eigenvalue weighted by molar-refractivity contribution is -0.119. The maximum Gasteiger partial charge on any atom is 0.416 e. The van der Waals surface area contributed by atoms with Gasteiger partial charge in [0.1, 0.15) is 11.8 Å². The van der Waals surface area contributed by atoms with E-state index in [1.165, 1.54) is 4.90 Å². The number of carbonyl (C=O) groups excluding carboxylic acids is 2. The first-order valence-electron chi connectivity index (χ1n) is 8.54. The van der Waals surface area contributed by atoms with Crippen LogP contribution < -0.4 is 10.1 Å². The highest BCUT2D eigenvalue weighted by atomic mass is 16.6. The first kappa shape index (κ1) is 17.9. The number of amides is 2. The summed E-state index contributed by atoms with van der Waals surface area (Å²) in [7, 11) is 0. The Morgan fingerprint density at radius 1 is 1.12 bits per heavy atom. The Bertz CT molecular complexity index is 807. The van der Waals surface area contributed by atoms with Gasteiger partial charge in [0.2, 0.25) is 5.91 Å². The molecule has 0 aliphatic carbocycles. The first-order chi connectivity index (χ1) is 12.5. The molecule has 1 saturated heterocycles. The van der Waals surface area contributed by atoms with E-state index >= 15 is 0 Å². The predicted molar refractivity (Wildman–Crippen MR) is 98.1 cm³/mol. The molecular formula is C20H22N2O4. The minimum Gasteiger partial charge on any atom is -0.410 e. The Hall–Kier alpha value is -2.86. The highest BCUT2D eigenvalue weighted by molar-refractivity contribution is 5.97. The molecule has 0 unspecified atom stereocenters. The van der Waals surface area contributed by atoms with Crippen molar-refractivity contribution in [2.24, 2.45) is 0 Å². The van der Waals surface area contributed by atoms with Gasteiger partial charge in [0.25, 0.3) is 0 Å². The van der Waals surface area contributed by atoms with E-state index in [9.17, 15) is 14.7 Å². The summed E-state index contributed by atoms with van der Waals surface area (Å²) in [6.45, 7) is 3.96. The van der Waals surface area contributed by atoms with Gasteiger partial charge < -0.3 is 15.2 Å². The Kier molecular flexibility index (Phi) is 5.23. The van der Waals surface area contributed by atoms with Gasteiger partial charge in [-0.3, -0.25) is 9.69 Å². The van der Waals surface area contributed by atoms with Gasteiger partial charge in [0.05, 0.1) is 12.6 Å². The summed E-state index contributed by atoms with van der Waals surface area (Å²) < 4.78 is 5.32. The molecule has 1 heterocycles. The summed E-state index contributed by atoms with van der Waals surface area (Å²) in [5.74, 6) is 0.0628. The van der Waals surface area contributed by atoms with Crippen molar-refractivity contribution in [2.75, 3.05) is 11.9 Å². The fourth-order valence-corrected chi connectivity index (χ4v) is 3.01. The van der Waals surface area contributed by atoms with Crippen molar-refractivity contribution in [1.82, 2.24) is 4.90 Å². The maximum atomic E-state index is 12.7. The molecule has 2 atom stereocenters. The fourth-order valence-electron chi connectivity index (χ4n) is 3.01. The summed E-state index contributed by atoms with van der Waals surface area (Å²) in [4.78, 5) is 26.5. The van der Waals surface area contributed by atoms with Crippen LogP contribution in [0.4, 0.5) is 10.5 Å². The van der Waals surface area contributed by atoms with Gasteiger partial charge in [-0.15, -0.1) is 0 Å². The lowest BCUT2D eigenvalue weighted by atomic mass is 10.1. The molecule has 1 fully saturated rings. The van der Waals surface area contributed by atoms with Crippen LogP contribution in [0.25, 0.3) is 0 Å². The molecule has 2 aromatic carbocycles. The van der Waals surface area contributed by atoms with E-state index in [1.54, 1.807) is 24.3 Å². The average Bonchev–Trinajstić information content (AvgIpc) is 3.02. The molecule has 2 aromatic rings. The molecule has 3 rings (SSSR count). The van der Waals surface area contributed by atoms with E-state index in [-0.39, 0.29) is 18.9 Å². The maximum absolute atomic E-state index is 12.7. The van der Waals surface area contributed by atoms with E-state index in [2.05, 4.69) is 5.32 Å². The second kappa shape index (κ2) is 7.58. The minimum atomic E-state index is -0.777. The lowest BCUT2D eigenvalue weighted by Crippen LogP contribution is -2.44. The molecule has 6 nitrogen and oxygen atoms in total. The second-order valence-electron chi connectivity index (χ2n) is 6.48. The Balaban J connectivity index is 1.73. The zero-order valence-electron chi connectivity index (χ0n) is 14.8. The number of carbonyl (C=O) groups is 2. The van der Waals surface area contributed by atoms with Gasteiger partial charge in [-0.1, -0.05) is 30.3 Å². The van der Waals surface area contributed by atoms with Crippen LogP contribution in [0.15, 0.2) is 48.5 Å². The Morgan fingerprint density at radius 2 is 1.85 bits per heavy atom. The zero-order valence-corrected chi connectivity index (χ0v) is 14.8. The number of hydrogen-bond acceptors (Lipinski definition) is 4. The molecular weight excluding hydrogens is 332 g/mol. The highest BCUT2D eigenvalue weighted by Crippen LogP contribution is 2.24. The quantitative estimate of drug-likeness (QED) is 0.888. The smallest absolute Gasteiger partial charge is 0.410 e. The first-order valence-corrected chi connectivity index (χ1v) is 8.54. The van der Waals surface area contributed by atoms with Crippen LogP contribution in [0.5, 0.6) is 5.75 Å². The van der Waals surface area contributed by atoms with Crippen molar-refractivity contribution in [2.45, 2.75) is 32.4 Å². The molecule has 0 radical (unpaired) electrons. The third-order valence-electron chi connectivity index (χ3n) is 4.63. The zero-order chi connectivity index (χ0) is 18.7. The molecule has 6 heteroatoms. The molecule has 2 amide bonds. The van der Waals surface area contributed by atoms with E-state index in [0.29, 0.717) is 11.4 Å². The topological polar surface area (TPSA) is 78.9 Å². The van der Waals surface area contributed by atoms with Gasteiger partial charge in [0.15, 0.2) is 0 Å². The number of para-hydroxylation sites is 1. The highest BCUT2D eigenvalue weighted by Gasteiger charge is 2.40. The van der Waals surface area contributed by atoms with Crippen LogP contribution in [0.2, 0.25) is 0 Å². The summed E-state index contributed by atoms with van der Waals surface area (Å²) in [6.07, 6.45) is -1.22. The van der Waals surface area contributed by atoms with Crippen molar-refractivity contribution in [3.05, 3.63) is 59.7 Å². The van der Waals surface area contributed by atoms with Crippen molar-refractivity contribution in [1.29, 1.82) is 0 Å². The predicted octanol–water partition coefficient (Wildman–Crippen LogP) is 2.88. The third-order valence-corrected chi connectivity index (χ3v) is 4.63. The van der Waals surface area contributed by atoms with E-state index in [0.717, 1.165) is 11.1 Å². The number of nitrogens with one attached hydrogen (secondary N) is 1. The van der Waals surface area contributed by atoms with Gasteiger partial charge in [-0.2, -0.15) is 0 Å². The molecule has 0 saturated carbocycles. The molecule has 2 N–H and O–H groups in total. The number of ether oxygens (including phenoxy) is 1. The normalized spacial score (nSPS) is 19.3. The van der Waals surface area contributed by atoms with Crippen LogP contribution in [0.1, 0.15) is 17.5 Å². The van der Waals surface area contributed by atoms with Crippen molar-refractivity contribution < 1.29 is 19.4 Å². The number of likely N-dealkylation sites (tertiary alicyclic amines) is 1. The number of β-amino-alcohol motifs (C(OH)–C–C–N with tert-alkyl or cyclic N) is 1. The number of aryl methyl sites for hydroxylation is 1. The summed E-state index contributed by atoms with van der Waals surface area (Å²) in [6, 6.07) is 13.5. The number of benzene rings is 2. The molecule has 0 spiro atoms. The van der Waals surface area contributed by atoms with Crippen LogP contribution in [-0.4, -0.2) is 40.7 Å². The van der Waals surface area contributed by atoms with Crippen molar-refractivity contribution >= 4 is 17.7 Å². The summed E-state index contributed by atoms with van der Waals surface area (Å²) in [5.41, 5.74) is 2.74. The second-order valence-corrected chi connectivity index (χ2v) is 6.48. The number of rotatable bonds is 3. The average molecular weight is 354 g/mol. The Labute approximate surface area is 152 Å². The van der Waals surface area contributed by atoms with Crippen LogP contribution in [-0.2, 0) is 4.79 Å². The van der Waals surface area contributed by atoms with Gasteiger partial charge >= 0.3 is 6.09 Å². The van der Waals surface area contributed by atoms with Gasteiger partial charge in [-0.25, -0.2) is 4.79 Å². The molecule has 0 aromatic heterocycles. The largest absolute Gasteiger partial charge is 0.416 e. The number of hydrogen-bond donors (Lipinski definition) is 2. The number of anilines is 1. The van der Waals surface area contributed by atoms with E-state index in [1.807, 2.05) is 38.1 Å². The summed E-state index contributed by atoms with van der Waals surface area (Å²) in [5, 5.41) is 12.8. The van der Waals surface area contributed by atoms with E-state index < -0.39 is 18.2 Å². The SMILES string of the molecule is Cc1cccc(NC(=O)[C@@H]2C[C@@H](O)CN2C(=O)Oc2ccccc2)c1C. The summed E-state index contributed by atoms with van der Waals surface area (Å²) >= 11 is 0. The Morgan fingerprint density at radius 3 is 2.58 bits per heavy atom. The van der Waals surface area contributed by atoms with Crippen LogP contribution >= 0.6 is 0 Å². The van der Waals surface area contributed by atoms with Crippen LogP contribution in [0, 0.1) is 13.8 Å². The third kappa shape index (κ3) is 3.86. The number of aliphatic hydroxyl groups excluding tert-OH is 1. The fraction of sp³-hybridized carbons (Fsp3) is 0.300. The lowest BCUT2D eigenvalue weighted by Gasteiger charge is -2.23. The molecule has 26 heavy (non-hydrogen) atoms. The van der Waals surface area contributed by atoms with Crippen LogP contribution in [0.3, 0.4) is 0 Å². The molecule has 1 aliphatic rings. The van der Waals surface area contributed by atoms with Crippen molar-refractivity contribution in [3.63, 3.8) is 0 Å². The molecule has 1 aliphatic heterocycles. The molecule has 136 valence electrons. The van der Waals surface area contributed by atoms with E-state index in [4.69, 9.17) is 4.74 Å². The molecule has 0 bridgehead atoms. The van der Waals surface area contributed by atoms with Gasteiger partial charge in [-0.05, 0) is 43.2 Å². The van der Waals surface area contributed by atoms with Crippen molar-refractivity contribution in [3.8, 4) is 5.75 Å².